The van der Waals surface area contributed by atoms with Crippen molar-refractivity contribution in [2.45, 2.75) is 6.42 Å². The van der Waals surface area contributed by atoms with Crippen LogP contribution in [-0.4, -0.2) is 11.9 Å². The summed E-state index contributed by atoms with van der Waals surface area (Å²) in [6.07, 6.45) is 4.33. The Labute approximate surface area is 129 Å². The van der Waals surface area contributed by atoms with Crippen molar-refractivity contribution in [2.24, 2.45) is 23.7 Å². The van der Waals surface area contributed by atoms with Crippen molar-refractivity contribution in [2.75, 3.05) is 5.32 Å². The minimum Gasteiger partial charge on any atom is -0.550 e. The Hall–Kier alpha value is -1.69. The van der Waals surface area contributed by atoms with Gasteiger partial charge in [-0.3, -0.25) is 4.79 Å². The number of carbonyl (C=O) groups is 2. The molecule has 0 spiro atoms. The largest absolute Gasteiger partial charge is 0.550 e. The molecule has 1 aromatic rings. The highest BCUT2D eigenvalue weighted by atomic mass is 79.9. The maximum Gasteiger partial charge on any atom is 0.228 e. The Morgan fingerprint density at radius 2 is 1.90 bits per heavy atom. The highest BCUT2D eigenvalue weighted by Crippen LogP contribution is 2.48. The number of nitrogens with one attached hydrogen (secondary N) is 1. The summed E-state index contributed by atoms with van der Waals surface area (Å²) in [6.45, 7) is 0. The average Bonchev–Trinajstić information content (AvgIpc) is 3.02. The number of allylic oxidation sites excluding steroid dienone is 2. The van der Waals surface area contributed by atoms with E-state index in [4.69, 9.17) is 0 Å². The van der Waals surface area contributed by atoms with Crippen molar-refractivity contribution in [3.63, 3.8) is 0 Å². The van der Waals surface area contributed by atoms with Gasteiger partial charge in [0.05, 0.1) is 11.6 Å². The number of rotatable bonds is 3. The molecule has 4 atom stereocenters. The molecule has 4 nitrogen and oxygen atoms in total. The third kappa shape index (κ3) is 2.48. The Balaban J connectivity index is 1.82. The molecule has 0 aliphatic heterocycles. The molecule has 1 fully saturated rings. The van der Waals surface area contributed by atoms with E-state index in [1.165, 1.54) is 12.1 Å². The summed E-state index contributed by atoms with van der Waals surface area (Å²) in [5, 5.41) is 13.8. The number of carbonyl (C=O) groups excluding carboxylic acids is 2. The topological polar surface area (TPSA) is 69.2 Å². The standard InChI is InChI=1S/C15H13BrFNO3/c16-9-3-4-11(10(17)6-9)18-14(19)12-7-1-2-8(5-7)13(12)15(20)21/h1-4,6-8,12-13H,5H2,(H,18,19)(H,20,21)/p-1/t7-,8+,12+,13+/m1/s1. The van der Waals surface area contributed by atoms with E-state index < -0.39 is 29.5 Å². The lowest BCUT2D eigenvalue weighted by Crippen LogP contribution is -2.43. The Kier molecular flexibility index (Phi) is 3.57. The van der Waals surface area contributed by atoms with Gasteiger partial charge in [0, 0.05) is 16.4 Å². The molecule has 0 unspecified atom stereocenters. The van der Waals surface area contributed by atoms with Crippen molar-refractivity contribution in [3.8, 4) is 0 Å². The summed E-state index contributed by atoms with van der Waals surface area (Å²) in [5.74, 6) is -4.07. The molecule has 1 aromatic carbocycles. The third-order valence-corrected chi connectivity index (χ3v) is 4.72. The number of carboxylic acid groups (broad SMARTS) is 1. The zero-order valence-electron chi connectivity index (χ0n) is 10.9. The summed E-state index contributed by atoms with van der Waals surface area (Å²) in [4.78, 5) is 23.6. The van der Waals surface area contributed by atoms with Crippen LogP contribution >= 0.6 is 15.9 Å². The van der Waals surface area contributed by atoms with Crippen LogP contribution in [0.15, 0.2) is 34.8 Å². The van der Waals surface area contributed by atoms with Crippen molar-refractivity contribution in [3.05, 3.63) is 40.6 Å². The normalized spacial score (nSPS) is 29.6. The van der Waals surface area contributed by atoms with Gasteiger partial charge in [-0.15, -0.1) is 0 Å². The van der Waals surface area contributed by atoms with E-state index in [1.54, 1.807) is 6.07 Å². The predicted molar refractivity (Wildman–Crippen MR) is 75.5 cm³/mol. The fraction of sp³-hybridized carbons (Fsp3) is 0.333. The quantitative estimate of drug-likeness (QED) is 0.842. The van der Waals surface area contributed by atoms with Crippen molar-refractivity contribution < 1.29 is 19.1 Å². The summed E-state index contributed by atoms with van der Waals surface area (Å²) in [6, 6.07) is 4.29. The van der Waals surface area contributed by atoms with Crippen LogP contribution in [0.1, 0.15) is 6.42 Å². The van der Waals surface area contributed by atoms with Crippen LogP contribution in [0, 0.1) is 29.5 Å². The van der Waals surface area contributed by atoms with Gasteiger partial charge in [-0.2, -0.15) is 0 Å². The Morgan fingerprint density at radius 3 is 2.52 bits per heavy atom. The first-order chi connectivity index (χ1) is 9.97. The number of fused-ring (bicyclic) bond motifs is 2. The van der Waals surface area contributed by atoms with Gasteiger partial charge in [-0.05, 0) is 36.5 Å². The van der Waals surface area contributed by atoms with Crippen LogP contribution in [0.4, 0.5) is 10.1 Å². The van der Waals surface area contributed by atoms with E-state index in [-0.39, 0.29) is 17.5 Å². The zero-order valence-corrected chi connectivity index (χ0v) is 12.5. The molecular weight excluding hydrogens is 341 g/mol. The summed E-state index contributed by atoms with van der Waals surface area (Å²) >= 11 is 3.14. The molecule has 2 bridgehead atoms. The molecule has 1 saturated carbocycles. The fourth-order valence-electron chi connectivity index (χ4n) is 3.31. The number of amides is 1. The molecule has 0 saturated heterocycles. The molecule has 1 N–H and O–H groups in total. The molecule has 0 aromatic heterocycles. The van der Waals surface area contributed by atoms with Crippen LogP contribution in [-0.2, 0) is 9.59 Å². The lowest BCUT2D eigenvalue weighted by Gasteiger charge is -2.27. The minimum absolute atomic E-state index is 0.0482. The van der Waals surface area contributed by atoms with Crippen molar-refractivity contribution in [1.29, 1.82) is 0 Å². The first-order valence-electron chi connectivity index (χ1n) is 6.62. The predicted octanol–water partition coefficient (Wildman–Crippen LogP) is 1.71. The van der Waals surface area contributed by atoms with Crippen molar-refractivity contribution >= 4 is 33.5 Å². The van der Waals surface area contributed by atoms with Gasteiger partial charge in [0.1, 0.15) is 5.82 Å². The maximum atomic E-state index is 13.8. The molecule has 2 aliphatic rings. The number of anilines is 1. The van der Waals surface area contributed by atoms with Gasteiger partial charge in [-0.25, -0.2) is 4.39 Å². The summed E-state index contributed by atoms with van der Waals surface area (Å²) < 4.78 is 14.3. The third-order valence-electron chi connectivity index (χ3n) is 4.22. The van der Waals surface area contributed by atoms with Crippen LogP contribution in [0.2, 0.25) is 0 Å². The second-order valence-corrected chi connectivity index (χ2v) is 6.35. The molecule has 21 heavy (non-hydrogen) atoms. The average molecular weight is 353 g/mol. The molecule has 2 aliphatic carbocycles. The number of hydrogen-bond donors (Lipinski definition) is 1. The van der Waals surface area contributed by atoms with Crippen LogP contribution in [0.3, 0.4) is 0 Å². The first kappa shape index (κ1) is 14.3. The Bertz CT molecular complexity index is 646. The highest BCUT2D eigenvalue weighted by Gasteiger charge is 2.48. The molecule has 110 valence electrons. The fourth-order valence-corrected chi connectivity index (χ4v) is 3.64. The lowest BCUT2D eigenvalue weighted by atomic mass is 9.82. The van der Waals surface area contributed by atoms with Gasteiger partial charge in [0.2, 0.25) is 5.91 Å². The smallest absolute Gasteiger partial charge is 0.228 e. The molecule has 0 heterocycles. The lowest BCUT2D eigenvalue weighted by molar-refractivity contribution is -0.313. The minimum atomic E-state index is -1.22. The monoisotopic (exact) mass is 352 g/mol. The number of halogens is 2. The van der Waals surface area contributed by atoms with Crippen LogP contribution in [0.5, 0.6) is 0 Å². The molecule has 0 radical (unpaired) electrons. The van der Waals surface area contributed by atoms with E-state index in [0.717, 1.165) is 0 Å². The molecule has 6 heteroatoms. The van der Waals surface area contributed by atoms with Crippen molar-refractivity contribution in [1.82, 2.24) is 0 Å². The number of benzene rings is 1. The Morgan fingerprint density at radius 1 is 1.24 bits per heavy atom. The molecular formula is C15H12BrFNO3-. The van der Waals surface area contributed by atoms with E-state index in [1.807, 2.05) is 12.2 Å². The van der Waals surface area contributed by atoms with Gasteiger partial charge in [0.25, 0.3) is 0 Å². The van der Waals surface area contributed by atoms with E-state index in [2.05, 4.69) is 21.2 Å². The van der Waals surface area contributed by atoms with E-state index in [0.29, 0.717) is 10.9 Å². The van der Waals surface area contributed by atoms with Gasteiger partial charge in [-0.1, -0.05) is 28.1 Å². The number of aliphatic carboxylic acids is 1. The molecule has 3 rings (SSSR count). The van der Waals surface area contributed by atoms with E-state index >= 15 is 0 Å². The van der Waals surface area contributed by atoms with Gasteiger partial charge < -0.3 is 15.2 Å². The van der Waals surface area contributed by atoms with Gasteiger partial charge in [0.15, 0.2) is 0 Å². The van der Waals surface area contributed by atoms with Crippen LogP contribution < -0.4 is 10.4 Å². The first-order valence-corrected chi connectivity index (χ1v) is 7.42. The van der Waals surface area contributed by atoms with E-state index in [9.17, 15) is 19.1 Å². The maximum absolute atomic E-state index is 13.8. The summed E-state index contributed by atoms with van der Waals surface area (Å²) in [7, 11) is 0. The highest BCUT2D eigenvalue weighted by molar-refractivity contribution is 9.10. The number of carboxylic acids is 1. The summed E-state index contributed by atoms with van der Waals surface area (Å²) in [5.41, 5.74) is 0.0482. The SMILES string of the molecule is O=C(Nc1ccc(Br)cc1F)[C@@H]1[C@@H](C(=O)[O-])[C@H]2C=C[C@@H]1C2. The van der Waals surface area contributed by atoms with Crippen LogP contribution in [0.25, 0.3) is 0 Å². The number of hydrogen-bond acceptors (Lipinski definition) is 3. The second kappa shape index (κ2) is 5.26. The second-order valence-electron chi connectivity index (χ2n) is 5.43. The van der Waals surface area contributed by atoms with Gasteiger partial charge >= 0.3 is 0 Å². The zero-order chi connectivity index (χ0) is 15.1. The molecule has 1 amide bonds.